The molecule has 0 amide bonds. The van der Waals surface area contributed by atoms with E-state index in [9.17, 15) is 13.2 Å². The number of anilines is 3. The highest BCUT2D eigenvalue weighted by molar-refractivity contribution is 5.58. The maximum absolute atomic E-state index is 12.6. The molecule has 0 saturated heterocycles. The van der Waals surface area contributed by atoms with Gasteiger partial charge in [0.1, 0.15) is 5.82 Å². The van der Waals surface area contributed by atoms with E-state index in [-0.39, 0.29) is 12.6 Å². The summed E-state index contributed by atoms with van der Waals surface area (Å²) in [5.41, 5.74) is 0.699. The quantitative estimate of drug-likeness (QED) is 0.735. The Bertz CT molecular complexity index is 730. The third-order valence-electron chi connectivity index (χ3n) is 3.88. The standard InChI is InChI=1S/C17H19F3N4O/c1-10(9-25)21-16-23-14(11-2-3-11)8-15(24-16)22-13-6-4-12(5-7-13)17(18,19)20/h4-8,10-11,25H,2-3,9H2,1H3,(H2,21,22,23,24)/t10-/m1/s1. The van der Waals surface area contributed by atoms with Crippen LogP contribution in [0.2, 0.25) is 0 Å². The molecule has 8 heteroatoms. The maximum atomic E-state index is 12.6. The highest BCUT2D eigenvalue weighted by Crippen LogP contribution is 2.40. The number of aliphatic hydroxyl groups excluding tert-OH is 1. The number of alkyl halides is 3. The van der Waals surface area contributed by atoms with Crippen molar-refractivity contribution in [2.24, 2.45) is 0 Å². The lowest BCUT2D eigenvalue weighted by atomic mass is 10.2. The Hall–Kier alpha value is -2.35. The molecule has 0 bridgehead atoms. The van der Waals surface area contributed by atoms with Crippen LogP contribution in [0.5, 0.6) is 0 Å². The Labute approximate surface area is 143 Å². The minimum absolute atomic E-state index is 0.0569. The molecular weight excluding hydrogens is 333 g/mol. The summed E-state index contributed by atoms with van der Waals surface area (Å²) >= 11 is 0. The van der Waals surface area contributed by atoms with Gasteiger partial charge in [0.05, 0.1) is 17.9 Å². The van der Waals surface area contributed by atoms with Crippen molar-refractivity contribution in [3.05, 3.63) is 41.6 Å². The van der Waals surface area contributed by atoms with Crippen LogP contribution in [0.25, 0.3) is 0 Å². The monoisotopic (exact) mass is 352 g/mol. The molecule has 1 saturated carbocycles. The molecule has 1 fully saturated rings. The van der Waals surface area contributed by atoms with Crippen LogP contribution in [-0.4, -0.2) is 27.7 Å². The second-order valence-electron chi connectivity index (χ2n) is 6.20. The Morgan fingerprint density at radius 2 is 1.88 bits per heavy atom. The van der Waals surface area contributed by atoms with Gasteiger partial charge in [0.25, 0.3) is 0 Å². The molecule has 1 aromatic carbocycles. The molecule has 1 aliphatic carbocycles. The van der Waals surface area contributed by atoms with Crippen molar-refractivity contribution in [3.63, 3.8) is 0 Å². The van der Waals surface area contributed by atoms with Gasteiger partial charge in [-0.25, -0.2) is 4.98 Å². The molecule has 3 rings (SSSR count). The highest BCUT2D eigenvalue weighted by atomic mass is 19.4. The number of halogens is 3. The molecule has 5 nitrogen and oxygen atoms in total. The second-order valence-corrected chi connectivity index (χ2v) is 6.20. The zero-order valence-electron chi connectivity index (χ0n) is 13.6. The van der Waals surface area contributed by atoms with E-state index < -0.39 is 11.7 Å². The lowest BCUT2D eigenvalue weighted by Crippen LogP contribution is -2.21. The molecule has 2 aromatic rings. The largest absolute Gasteiger partial charge is 0.416 e. The summed E-state index contributed by atoms with van der Waals surface area (Å²) in [6, 6.07) is 6.39. The predicted molar refractivity (Wildman–Crippen MR) is 88.9 cm³/mol. The molecule has 0 radical (unpaired) electrons. The number of nitrogens with zero attached hydrogens (tertiary/aromatic N) is 2. The van der Waals surface area contributed by atoms with Crippen LogP contribution < -0.4 is 10.6 Å². The number of hydrogen-bond acceptors (Lipinski definition) is 5. The number of nitrogens with one attached hydrogen (secondary N) is 2. The van der Waals surface area contributed by atoms with Gasteiger partial charge < -0.3 is 15.7 Å². The first-order chi connectivity index (χ1) is 11.8. The van der Waals surface area contributed by atoms with E-state index in [4.69, 9.17) is 5.11 Å². The molecule has 1 aliphatic rings. The summed E-state index contributed by atoms with van der Waals surface area (Å²) in [7, 11) is 0. The lowest BCUT2D eigenvalue weighted by Gasteiger charge is -2.14. The van der Waals surface area contributed by atoms with Crippen LogP contribution in [0.1, 0.15) is 36.9 Å². The van der Waals surface area contributed by atoms with Gasteiger partial charge in [0.15, 0.2) is 0 Å². The van der Waals surface area contributed by atoms with Crippen molar-refractivity contribution in [3.8, 4) is 0 Å². The zero-order valence-corrected chi connectivity index (χ0v) is 13.6. The smallest absolute Gasteiger partial charge is 0.394 e. The Balaban J connectivity index is 1.81. The highest BCUT2D eigenvalue weighted by Gasteiger charge is 2.30. The molecule has 1 atom stereocenters. The van der Waals surface area contributed by atoms with Crippen LogP contribution in [-0.2, 0) is 6.18 Å². The van der Waals surface area contributed by atoms with Gasteiger partial charge >= 0.3 is 6.18 Å². The van der Waals surface area contributed by atoms with Gasteiger partial charge in [0, 0.05) is 23.7 Å². The van der Waals surface area contributed by atoms with Gasteiger partial charge in [-0.1, -0.05) is 0 Å². The number of rotatable bonds is 6. The molecule has 0 unspecified atom stereocenters. The summed E-state index contributed by atoms with van der Waals surface area (Å²) in [4.78, 5) is 8.78. The number of benzene rings is 1. The fourth-order valence-electron chi connectivity index (χ4n) is 2.34. The minimum atomic E-state index is -4.36. The number of aliphatic hydroxyl groups is 1. The summed E-state index contributed by atoms with van der Waals surface area (Å²) in [5, 5.41) is 15.2. The van der Waals surface area contributed by atoms with Crippen LogP contribution in [0.4, 0.5) is 30.6 Å². The molecule has 25 heavy (non-hydrogen) atoms. The van der Waals surface area contributed by atoms with Gasteiger partial charge in [-0.05, 0) is 44.0 Å². The number of aromatic nitrogens is 2. The average Bonchev–Trinajstić information content (AvgIpc) is 3.39. The van der Waals surface area contributed by atoms with Gasteiger partial charge in [-0.2, -0.15) is 18.2 Å². The second kappa shape index (κ2) is 6.87. The van der Waals surface area contributed by atoms with E-state index >= 15 is 0 Å². The molecule has 1 heterocycles. The molecular formula is C17H19F3N4O. The van der Waals surface area contributed by atoms with Crippen molar-refractivity contribution in [1.29, 1.82) is 0 Å². The van der Waals surface area contributed by atoms with E-state index in [1.165, 1.54) is 12.1 Å². The van der Waals surface area contributed by atoms with Crippen molar-refractivity contribution < 1.29 is 18.3 Å². The zero-order chi connectivity index (χ0) is 18.0. The van der Waals surface area contributed by atoms with Crippen molar-refractivity contribution >= 4 is 17.5 Å². The van der Waals surface area contributed by atoms with Crippen LogP contribution >= 0.6 is 0 Å². The lowest BCUT2D eigenvalue weighted by molar-refractivity contribution is -0.137. The molecule has 1 aromatic heterocycles. The summed E-state index contributed by atoms with van der Waals surface area (Å²) in [5.74, 6) is 1.28. The Morgan fingerprint density at radius 3 is 2.44 bits per heavy atom. The fourth-order valence-corrected chi connectivity index (χ4v) is 2.34. The van der Waals surface area contributed by atoms with Crippen molar-refractivity contribution in [2.75, 3.05) is 17.2 Å². The first kappa shape index (κ1) is 17.5. The molecule has 3 N–H and O–H groups in total. The third-order valence-corrected chi connectivity index (χ3v) is 3.88. The van der Waals surface area contributed by atoms with Crippen LogP contribution in [0.3, 0.4) is 0 Å². The number of hydrogen-bond donors (Lipinski definition) is 3. The topological polar surface area (TPSA) is 70.1 Å². The Morgan fingerprint density at radius 1 is 1.20 bits per heavy atom. The first-order valence-electron chi connectivity index (χ1n) is 8.06. The van der Waals surface area contributed by atoms with Crippen LogP contribution in [0, 0.1) is 0 Å². The normalized spacial score (nSPS) is 15.7. The molecule has 134 valence electrons. The minimum Gasteiger partial charge on any atom is -0.394 e. The summed E-state index contributed by atoms with van der Waals surface area (Å²) in [6.07, 6.45) is -2.23. The van der Waals surface area contributed by atoms with E-state index in [1.54, 1.807) is 6.92 Å². The fraction of sp³-hybridized carbons (Fsp3) is 0.412. The van der Waals surface area contributed by atoms with E-state index in [0.717, 1.165) is 30.7 Å². The molecule has 0 aliphatic heterocycles. The van der Waals surface area contributed by atoms with Gasteiger partial charge in [0.2, 0.25) is 5.95 Å². The molecule has 0 spiro atoms. The summed E-state index contributed by atoms with van der Waals surface area (Å²) in [6.45, 7) is 1.74. The van der Waals surface area contributed by atoms with Crippen molar-refractivity contribution in [1.82, 2.24) is 9.97 Å². The Kier molecular flexibility index (Phi) is 4.80. The van der Waals surface area contributed by atoms with Crippen molar-refractivity contribution in [2.45, 2.75) is 37.9 Å². The van der Waals surface area contributed by atoms with E-state index in [2.05, 4.69) is 20.6 Å². The maximum Gasteiger partial charge on any atom is 0.416 e. The van der Waals surface area contributed by atoms with Crippen LogP contribution in [0.15, 0.2) is 30.3 Å². The van der Waals surface area contributed by atoms with Gasteiger partial charge in [-0.15, -0.1) is 0 Å². The van der Waals surface area contributed by atoms with E-state index in [1.807, 2.05) is 6.07 Å². The first-order valence-corrected chi connectivity index (χ1v) is 8.06. The summed E-state index contributed by atoms with van der Waals surface area (Å²) < 4.78 is 37.9. The average molecular weight is 352 g/mol. The third kappa shape index (κ3) is 4.60. The van der Waals surface area contributed by atoms with Gasteiger partial charge in [-0.3, -0.25) is 0 Å². The SMILES string of the molecule is C[C@H](CO)Nc1nc(Nc2ccc(C(F)(F)F)cc2)cc(C2CC2)n1. The van der Waals surface area contributed by atoms with E-state index in [0.29, 0.717) is 23.4 Å². The predicted octanol–water partition coefficient (Wildman–Crippen LogP) is 3.91.